The van der Waals surface area contributed by atoms with E-state index in [2.05, 4.69) is 15.0 Å². The normalized spacial score (nSPS) is 14.7. The predicted octanol–water partition coefficient (Wildman–Crippen LogP) is 1.48. The molecule has 3 rings (SSSR count). The van der Waals surface area contributed by atoms with Crippen LogP contribution in [0.4, 0.5) is 11.5 Å². The number of amides is 1. The number of hydrogen-bond acceptors (Lipinski definition) is 6. The summed E-state index contributed by atoms with van der Waals surface area (Å²) in [5.74, 6) is 0.297. The molecule has 0 radical (unpaired) electrons. The van der Waals surface area contributed by atoms with Crippen LogP contribution in [0, 0.1) is 5.92 Å². The lowest BCUT2D eigenvalue weighted by Crippen LogP contribution is -2.22. The number of nitrogens with one attached hydrogen (secondary N) is 2. The number of anilines is 2. The highest BCUT2D eigenvalue weighted by molar-refractivity contribution is 7.92. The van der Waals surface area contributed by atoms with Gasteiger partial charge in [-0.3, -0.25) is 9.52 Å². The van der Waals surface area contributed by atoms with E-state index in [9.17, 15) is 21.6 Å². The van der Waals surface area contributed by atoms with Gasteiger partial charge in [0.15, 0.2) is 0 Å². The summed E-state index contributed by atoms with van der Waals surface area (Å²) in [6.45, 7) is 0. The smallest absolute Gasteiger partial charge is 0.261 e. The zero-order valence-electron chi connectivity index (χ0n) is 15.3. The van der Waals surface area contributed by atoms with Gasteiger partial charge in [-0.25, -0.2) is 26.1 Å². The van der Waals surface area contributed by atoms with Crippen LogP contribution in [-0.2, 0) is 24.8 Å². The first-order valence-corrected chi connectivity index (χ1v) is 11.3. The molecule has 2 aromatic rings. The fraction of sp³-hybridized carbons (Fsp3) is 0.294. The van der Waals surface area contributed by atoms with Crippen LogP contribution in [0.15, 0.2) is 52.4 Å². The van der Waals surface area contributed by atoms with Crippen molar-refractivity contribution in [2.24, 2.45) is 5.92 Å². The van der Waals surface area contributed by atoms with Gasteiger partial charge in [0.2, 0.25) is 15.9 Å². The molecule has 0 saturated heterocycles. The lowest BCUT2D eigenvalue weighted by Gasteiger charge is -2.12. The highest BCUT2D eigenvalue weighted by atomic mass is 32.2. The Labute approximate surface area is 163 Å². The molecule has 1 aliphatic carbocycles. The summed E-state index contributed by atoms with van der Waals surface area (Å²) in [5.41, 5.74) is 0.217. The monoisotopic (exact) mass is 424 g/mol. The molecule has 1 aromatic carbocycles. The number of benzene rings is 1. The zero-order valence-corrected chi connectivity index (χ0v) is 16.9. The van der Waals surface area contributed by atoms with Gasteiger partial charge in [-0.2, -0.15) is 0 Å². The highest BCUT2D eigenvalue weighted by Gasteiger charge is 2.29. The highest BCUT2D eigenvalue weighted by Crippen LogP contribution is 2.30. The molecule has 0 spiro atoms. The second-order valence-corrected chi connectivity index (χ2v) is 10.4. The van der Waals surface area contributed by atoms with E-state index in [4.69, 9.17) is 0 Å². The summed E-state index contributed by atoms with van der Waals surface area (Å²) in [7, 11) is -4.77. The molecule has 0 aliphatic heterocycles. The Kier molecular flexibility index (Phi) is 5.41. The molecule has 1 amide bonds. The van der Waals surface area contributed by atoms with Crippen LogP contribution in [0.1, 0.15) is 12.8 Å². The third-order valence-corrected chi connectivity index (χ3v) is 7.35. The van der Waals surface area contributed by atoms with E-state index < -0.39 is 20.0 Å². The number of nitrogens with zero attached hydrogens (tertiary/aromatic N) is 2. The summed E-state index contributed by atoms with van der Waals surface area (Å²) in [4.78, 5) is 15.6. The first-order chi connectivity index (χ1) is 13.1. The Balaban J connectivity index is 1.71. The molecule has 0 atom stereocenters. The minimum absolute atomic E-state index is 0.00567. The third kappa shape index (κ3) is 4.49. The number of carbonyl (C=O) groups excluding carboxylic acids is 1. The van der Waals surface area contributed by atoms with Crippen LogP contribution in [0.2, 0.25) is 0 Å². The molecule has 1 aliphatic rings. The Hall–Kier alpha value is -2.50. The minimum Gasteiger partial charge on any atom is -0.310 e. The summed E-state index contributed by atoms with van der Waals surface area (Å²) < 4.78 is 52.5. The van der Waals surface area contributed by atoms with Crippen molar-refractivity contribution in [2.75, 3.05) is 24.1 Å². The lowest BCUT2D eigenvalue weighted by atomic mass is 10.3. The largest absolute Gasteiger partial charge is 0.310 e. The second kappa shape index (κ2) is 7.49. The van der Waals surface area contributed by atoms with Gasteiger partial charge in [0.1, 0.15) is 5.82 Å². The Bertz CT molecular complexity index is 1080. The van der Waals surface area contributed by atoms with Crippen LogP contribution < -0.4 is 10.0 Å². The Morgan fingerprint density at radius 2 is 1.61 bits per heavy atom. The summed E-state index contributed by atoms with van der Waals surface area (Å²) in [6.07, 6.45) is 3.04. The van der Waals surface area contributed by atoms with Gasteiger partial charge in [-0.15, -0.1) is 0 Å². The zero-order chi connectivity index (χ0) is 20.5. The van der Waals surface area contributed by atoms with Crippen molar-refractivity contribution in [1.29, 1.82) is 0 Å². The minimum atomic E-state index is -3.92. The van der Waals surface area contributed by atoms with Crippen LogP contribution in [0.5, 0.6) is 0 Å². The van der Waals surface area contributed by atoms with E-state index in [0.717, 1.165) is 17.1 Å². The Morgan fingerprint density at radius 1 is 1.00 bits per heavy atom. The van der Waals surface area contributed by atoms with Crippen LogP contribution in [0.25, 0.3) is 0 Å². The van der Waals surface area contributed by atoms with Crippen molar-refractivity contribution < 1.29 is 21.6 Å². The first kappa shape index (κ1) is 20.2. The summed E-state index contributed by atoms with van der Waals surface area (Å²) in [6, 6.07) is 7.90. The number of sulfonamides is 2. The maximum atomic E-state index is 12.5. The first-order valence-electron chi connectivity index (χ1n) is 8.42. The average molecular weight is 425 g/mol. The fourth-order valence-electron chi connectivity index (χ4n) is 2.32. The van der Waals surface area contributed by atoms with Gasteiger partial charge >= 0.3 is 0 Å². The molecular weight excluding hydrogens is 404 g/mol. The molecule has 0 unspecified atom stereocenters. The van der Waals surface area contributed by atoms with E-state index in [1.54, 1.807) is 0 Å². The fourth-order valence-corrected chi connectivity index (χ4v) is 4.26. The van der Waals surface area contributed by atoms with Gasteiger partial charge in [0.05, 0.1) is 21.7 Å². The molecule has 1 fully saturated rings. The van der Waals surface area contributed by atoms with Crippen molar-refractivity contribution in [2.45, 2.75) is 22.6 Å². The molecule has 2 N–H and O–H groups in total. The van der Waals surface area contributed by atoms with Gasteiger partial charge in [0.25, 0.3) is 10.0 Å². The van der Waals surface area contributed by atoms with Gasteiger partial charge in [-0.1, -0.05) is 0 Å². The van der Waals surface area contributed by atoms with Crippen molar-refractivity contribution >= 4 is 37.5 Å². The van der Waals surface area contributed by atoms with Crippen molar-refractivity contribution in [3.8, 4) is 0 Å². The van der Waals surface area contributed by atoms with E-state index in [0.29, 0.717) is 5.82 Å². The SMILES string of the molecule is CN(C)S(=O)(=O)c1ccc(S(=O)(=O)Nc2ccc(NC(=O)C3CC3)nc2)cc1. The van der Waals surface area contributed by atoms with E-state index in [1.807, 2.05) is 0 Å². The summed E-state index contributed by atoms with van der Waals surface area (Å²) in [5, 5.41) is 2.67. The van der Waals surface area contributed by atoms with E-state index >= 15 is 0 Å². The summed E-state index contributed by atoms with van der Waals surface area (Å²) >= 11 is 0. The molecule has 11 heteroatoms. The van der Waals surface area contributed by atoms with Gasteiger partial charge in [0, 0.05) is 20.0 Å². The van der Waals surface area contributed by atoms with Crippen LogP contribution >= 0.6 is 0 Å². The van der Waals surface area contributed by atoms with Crippen molar-refractivity contribution in [3.63, 3.8) is 0 Å². The maximum absolute atomic E-state index is 12.5. The molecule has 1 heterocycles. The third-order valence-electron chi connectivity index (χ3n) is 4.13. The molecular formula is C17H20N4O5S2. The molecule has 28 heavy (non-hydrogen) atoms. The number of aromatic nitrogens is 1. The van der Waals surface area contributed by atoms with Gasteiger partial charge < -0.3 is 5.32 Å². The molecule has 150 valence electrons. The lowest BCUT2D eigenvalue weighted by molar-refractivity contribution is -0.117. The molecule has 0 bridgehead atoms. The number of rotatable bonds is 7. The number of pyridine rings is 1. The number of carbonyl (C=O) groups is 1. The molecule has 1 aromatic heterocycles. The Morgan fingerprint density at radius 3 is 2.11 bits per heavy atom. The predicted molar refractivity (Wildman–Crippen MR) is 104 cm³/mol. The maximum Gasteiger partial charge on any atom is 0.261 e. The topological polar surface area (TPSA) is 126 Å². The second-order valence-electron chi connectivity index (χ2n) is 6.56. The molecule has 1 saturated carbocycles. The number of hydrogen-bond donors (Lipinski definition) is 2. The van der Waals surface area contributed by atoms with Crippen molar-refractivity contribution in [3.05, 3.63) is 42.6 Å². The quantitative estimate of drug-likeness (QED) is 0.693. The van der Waals surface area contributed by atoms with Crippen LogP contribution in [0.3, 0.4) is 0 Å². The van der Waals surface area contributed by atoms with Gasteiger partial charge in [-0.05, 0) is 49.2 Å². The van der Waals surface area contributed by atoms with E-state index in [-0.39, 0.29) is 27.3 Å². The van der Waals surface area contributed by atoms with Crippen molar-refractivity contribution in [1.82, 2.24) is 9.29 Å². The van der Waals surface area contributed by atoms with E-state index in [1.165, 1.54) is 56.7 Å². The van der Waals surface area contributed by atoms with Crippen LogP contribution in [-0.4, -0.2) is 46.1 Å². The average Bonchev–Trinajstić information content (AvgIpc) is 3.48. The standard InChI is InChI=1S/C17H20N4O5S2/c1-21(2)28(25,26)15-8-6-14(7-9-15)27(23,24)20-13-5-10-16(18-11-13)19-17(22)12-3-4-12/h5-12,20H,3-4H2,1-2H3,(H,18,19,22). The molecule has 9 nitrogen and oxygen atoms in total.